The van der Waals surface area contributed by atoms with Crippen LogP contribution in [0.5, 0.6) is 0 Å². The first kappa shape index (κ1) is 10.4. The maximum Gasteiger partial charge on any atom is 0.0639 e. The molecule has 15 heavy (non-hydrogen) atoms. The fourth-order valence-corrected chi connectivity index (χ4v) is 5.82. The number of halogens is 1. The highest BCUT2D eigenvalue weighted by atomic mass is 35.5. The second-order valence-corrected chi connectivity index (χ2v) is 6.65. The molecule has 3 aliphatic rings. The SMILES string of the molecule is COC1CC2(C(CCl)C2(C)C)C12CCC2. The second-order valence-electron chi connectivity index (χ2n) is 6.34. The predicted molar refractivity (Wildman–Crippen MR) is 62.1 cm³/mol. The van der Waals surface area contributed by atoms with E-state index in [2.05, 4.69) is 13.8 Å². The molecule has 2 heteroatoms. The van der Waals surface area contributed by atoms with Crippen LogP contribution in [0.3, 0.4) is 0 Å². The van der Waals surface area contributed by atoms with Gasteiger partial charge in [-0.05, 0) is 36.0 Å². The zero-order valence-corrected chi connectivity index (χ0v) is 10.7. The van der Waals surface area contributed by atoms with Crippen molar-refractivity contribution in [1.29, 1.82) is 0 Å². The van der Waals surface area contributed by atoms with Crippen molar-refractivity contribution >= 4 is 11.6 Å². The minimum absolute atomic E-state index is 0.462. The Morgan fingerprint density at radius 3 is 2.33 bits per heavy atom. The molecule has 2 spiro atoms. The molecule has 0 heterocycles. The molecule has 3 fully saturated rings. The maximum atomic E-state index is 6.14. The molecule has 0 aromatic heterocycles. The minimum Gasteiger partial charge on any atom is -0.381 e. The quantitative estimate of drug-likeness (QED) is 0.658. The van der Waals surface area contributed by atoms with Gasteiger partial charge in [-0.3, -0.25) is 0 Å². The normalized spacial score (nSPS) is 48.8. The number of rotatable bonds is 2. The van der Waals surface area contributed by atoms with Gasteiger partial charge in [-0.2, -0.15) is 0 Å². The molecule has 1 nitrogen and oxygen atoms in total. The van der Waals surface area contributed by atoms with Crippen LogP contribution in [0.1, 0.15) is 39.5 Å². The van der Waals surface area contributed by atoms with Gasteiger partial charge < -0.3 is 4.74 Å². The van der Waals surface area contributed by atoms with Crippen LogP contribution in [-0.2, 0) is 4.74 Å². The van der Waals surface area contributed by atoms with Gasteiger partial charge in [-0.25, -0.2) is 0 Å². The lowest BCUT2D eigenvalue weighted by molar-refractivity contribution is -0.215. The molecule has 0 aromatic carbocycles. The van der Waals surface area contributed by atoms with E-state index in [1.54, 1.807) is 0 Å². The van der Waals surface area contributed by atoms with E-state index in [4.69, 9.17) is 16.3 Å². The Morgan fingerprint density at radius 2 is 2.00 bits per heavy atom. The van der Waals surface area contributed by atoms with Gasteiger partial charge in [-0.15, -0.1) is 11.6 Å². The molecule has 3 atom stereocenters. The van der Waals surface area contributed by atoms with Crippen molar-refractivity contribution in [2.75, 3.05) is 13.0 Å². The largest absolute Gasteiger partial charge is 0.381 e. The molecule has 0 amide bonds. The number of ether oxygens (including phenoxy) is 1. The fourth-order valence-electron chi connectivity index (χ4n) is 5.17. The average Bonchev–Trinajstić information content (AvgIpc) is 2.57. The molecular formula is C13H21ClO. The topological polar surface area (TPSA) is 9.23 Å². The summed E-state index contributed by atoms with van der Waals surface area (Å²) in [6.07, 6.45) is 5.93. The number of hydrogen-bond acceptors (Lipinski definition) is 1. The van der Waals surface area contributed by atoms with Crippen LogP contribution in [0.2, 0.25) is 0 Å². The van der Waals surface area contributed by atoms with Crippen molar-refractivity contribution in [3.8, 4) is 0 Å². The lowest BCUT2D eigenvalue weighted by Gasteiger charge is -2.64. The minimum atomic E-state index is 0.462. The van der Waals surface area contributed by atoms with Crippen molar-refractivity contribution in [2.24, 2.45) is 22.2 Å². The van der Waals surface area contributed by atoms with E-state index in [0.29, 0.717) is 22.3 Å². The summed E-state index contributed by atoms with van der Waals surface area (Å²) in [7, 11) is 1.88. The first-order valence-electron chi connectivity index (χ1n) is 6.15. The lowest BCUT2D eigenvalue weighted by Crippen LogP contribution is -2.62. The summed E-state index contributed by atoms with van der Waals surface area (Å²) in [5.74, 6) is 1.57. The van der Waals surface area contributed by atoms with E-state index in [1.165, 1.54) is 25.7 Å². The fraction of sp³-hybridized carbons (Fsp3) is 1.00. The van der Waals surface area contributed by atoms with E-state index in [0.717, 1.165) is 11.8 Å². The van der Waals surface area contributed by atoms with E-state index < -0.39 is 0 Å². The summed E-state index contributed by atoms with van der Waals surface area (Å²) in [6, 6.07) is 0. The van der Waals surface area contributed by atoms with Gasteiger partial charge in [0.15, 0.2) is 0 Å². The van der Waals surface area contributed by atoms with E-state index >= 15 is 0 Å². The van der Waals surface area contributed by atoms with Gasteiger partial charge in [0.25, 0.3) is 0 Å². The number of hydrogen-bond donors (Lipinski definition) is 0. The third-order valence-electron chi connectivity index (χ3n) is 6.23. The standard InChI is InChI=1S/C13H21ClO/c1-11(2)9(8-14)13(11)7-10(15-3)12(13)5-4-6-12/h9-10H,4-8H2,1-3H3. The molecule has 0 N–H and O–H groups in total. The lowest BCUT2D eigenvalue weighted by atomic mass is 9.43. The number of methoxy groups -OCH3 is 1. The molecule has 0 saturated heterocycles. The van der Waals surface area contributed by atoms with Gasteiger partial charge in [-0.1, -0.05) is 20.3 Å². The van der Waals surface area contributed by atoms with Crippen molar-refractivity contribution in [2.45, 2.75) is 45.6 Å². The van der Waals surface area contributed by atoms with Gasteiger partial charge in [0.1, 0.15) is 0 Å². The Labute approximate surface area is 97.5 Å². The van der Waals surface area contributed by atoms with Crippen molar-refractivity contribution in [1.82, 2.24) is 0 Å². The highest BCUT2D eigenvalue weighted by molar-refractivity contribution is 6.18. The van der Waals surface area contributed by atoms with Crippen LogP contribution in [-0.4, -0.2) is 19.1 Å². The molecule has 3 unspecified atom stereocenters. The molecule has 0 bridgehead atoms. The summed E-state index contributed by atoms with van der Waals surface area (Å²) < 4.78 is 5.66. The summed E-state index contributed by atoms with van der Waals surface area (Å²) in [6.45, 7) is 4.82. The number of fused-ring (bicyclic) bond motifs is 1. The van der Waals surface area contributed by atoms with Crippen molar-refractivity contribution < 1.29 is 4.74 Å². The van der Waals surface area contributed by atoms with Crippen LogP contribution >= 0.6 is 11.6 Å². The summed E-state index contributed by atoms with van der Waals surface area (Å²) in [5, 5.41) is 0. The summed E-state index contributed by atoms with van der Waals surface area (Å²) in [5.41, 5.74) is 1.52. The van der Waals surface area contributed by atoms with E-state index in [-0.39, 0.29) is 0 Å². The predicted octanol–water partition coefficient (Wildman–Crippen LogP) is 3.46. The molecule has 3 aliphatic carbocycles. The molecular weight excluding hydrogens is 208 g/mol. The van der Waals surface area contributed by atoms with Crippen LogP contribution in [0.4, 0.5) is 0 Å². The maximum absolute atomic E-state index is 6.14. The van der Waals surface area contributed by atoms with Crippen LogP contribution in [0, 0.1) is 22.2 Å². The second kappa shape index (κ2) is 2.73. The van der Waals surface area contributed by atoms with Crippen molar-refractivity contribution in [3.63, 3.8) is 0 Å². The first-order valence-corrected chi connectivity index (χ1v) is 6.69. The first-order chi connectivity index (χ1) is 7.07. The van der Waals surface area contributed by atoms with Gasteiger partial charge in [0.05, 0.1) is 6.10 Å². The van der Waals surface area contributed by atoms with Crippen LogP contribution < -0.4 is 0 Å². The Morgan fingerprint density at radius 1 is 1.33 bits per heavy atom. The molecule has 3 saturated carbocycles. The molecule has 0 aliphatic heterocycles. The summed E-state index contributed by atoms with van der Waals surface area (Å²) in [4.78, 5) is 0. The monoisotopic (exact) mass is 228 g/mol. The summed E-state index contributed by atoms with van der Waals surface area (Å²) >= 11 is 6.14. The van der Waals surface area contributed by atoms with E-state index in [9.17, 15) is 0 Å². The van der Waals surface area contributed by atoms with Crippen molar-refractivity contribution in [3.05, 3.63) is 0 Å². The Hall–Kier alpha value is 0.250. The van der Waals surface area contributed by atoms with Crippen LogP contribution in [0.25, 0.3) is 0 Å². The van der Waals surface area contributed by atoms with Gasteiger partial charge in [0.2, 0.25) is 0 Å². The molecule has 3 rings (SSSR count). The van der Waals surface area contributed by atoms with Gasteiger partial charge in [0, 0.05) is 18.4 Å². The highest BCUT2D eigenvalue weighted by Crippen LogP contribution is 2.88. The zero-order chi connectivity index (χ0) is 10.9. The number of alkyl halides is 1. The Bertz CT molecular complexity index is 295. The molecule has 0 aromatic rings. The Balaban J connectivity index is 1.91. The van der Waals surface area contributed by atoms with E-state index in [1.807, 2.05) is 7.11 Å². The van der Waals surface area contributed by atoms with Gasteiger partial charge >= 0.3 is 0 Å². The third kappa shape index (κ3) is 0.814. The highest BCUT2D eigenvalue weighted by Gasteiger charge is 2.86. The zero-order valence-electron chi connectivity index (χ0n) is 9.98. The van der Waals surface area contributed by atoms with Crippen LogP contribution in [0.15, 0.2) is 0 Å². The average molecular weight is 229 g/mol. The molecule has 86 valence electrons. The smallest absolute Gasteiger partial charge is 0.0639 e. The third-order valence-corrected chi connectivity index (χ3v) is 6.54. The Kier molecular flexibility index (Phi) is 1.90. The molecule has 0 radical (unpaired) electrons.